The highest BCUT2D eigenvalue weighted by Crippen LogP contribution is 2.00. The van der Waals surface area contributed by atoms with Crippen molar-refractivity contribution in [1.82, 2.24) is 10.4 Å². The van der Waals surface area contributed by atoms with Gasteiger partial charge in [0, 0.05) is 11.8 Å². The molecule has 16 heavy (non-hydrogen) atoms. The second-order valence-electron chi connectivity index (χ2n) is 3.16. The van der Waals surface area contributed by atoms with Crippen LogP contribution in [0.25, 0.3) is 0 Å². The molecule has 0 unspecified atom stereocenters. The van der Waals surface area contributed by atoms with Crippen molar-refractivity contribution in [2.45, 2.75) is 0 Å². The largest absolute Gasteiger partial charge is 0.282 e. The number of hydrogen-bond donors (Lipinski definition) is 2. The van der Waals surface area contributed by atoms with Crippen LogP contribution in [0.5, 0.6) is 0 Å². The molecule has 80 valence electrons. The van der Waals surface area contributed by atoms with Crippen LogP contribution in [0.1, 0.15) is 10.4 Å². The van der Waals surface area contributed by atoms with E-state index >= 15 is 0 Å². The van der Waals surface area contributed by atoms with Gasteiger partial charge in [-0.2, -0.15) is 0 Å². The van der Waals surface area contributed by atoms with Crippen molar-refractivity contribution in [2.24, 2.45) is 0 Å². The highest BCUT2D eigenvalue weighted by Gasteiger charge is 2.02. The fraction of sp³-hybridized carbons (Fsp3) is 0. The number of benzene rings is 1. The average molecular weight is 213 g/mol. The maximum absolute atomic E-state index is 11.6. The number of hydrazine groups is 1. The first-order valence-corrected chi connectivity index (χ1v) is 4.89. The first kappa shape index (κ1) is 10.2. The molecule has 0 aliphatic rings. The van der Waals surface area contributed by atoms with E-state index in [1.165, 1.54) is 0 Å². The van der Waals surface area contributed by atoms with Crippen LogP contribution in [-0.4, -0.2) is 10.9 Å². The lowest BCUT2D eigenvalue weighted by atomic mass is 10.2. The first-order chi connectivity index (χ1) is 7.86. The summed E-state index contributed by atoms with van der Waals surface area (Å²) in [5.74, 6) is 0.415. The molecule has 4 nitrogen and oxygen atoms in total. The van der Waals surface area contributed by atoms with Crippen LogP contribution in [0.3, 0.4) is 0 Å². The van der Waals surface area contributed by atoms with Gasteiger partial charge >= 0.3 is 0 Å². The number of carbonyl (C=O) groups is 1. The maximum atomic E-state index is 11.6. The van der Waals surface area contributed by atoms with Gasteiger partial charge in [0.05, 0.1) is 0 Å². The zero-order valence-electron chi connectivity index (χ0n) is 8.55. The van der Waals surface area contributed by atoms with Gasteiger partial charge in [0.2, 0.25) is 0 Å². The summed E-state index contributed by atoms with van der Waals surface area (Å²) in [5.41, 5.74) is 5.90. The molecule has 0 aliphatic heterocycles. The minimum absolute atomic E-state index is 0.189. The summed E-state index contributed by atoms with van der Waals surface area (Å²) in [6, 6.07) is 14.4. The molecule has 0 bridgehead atoms. The van der Waals surface area contributed by atoms with Crippen molar-refractivity contribution in [1.29, 1.82) is 0 Å². The fourth-order valence-electron chi connectivity index (χ4n) is 1.22. The Kier molecular flexibility index (Phi) is 3.13. The van der Waals surface area contributed by atoms with E-state index in [2.05, 4.69) is 15.8 Å². The minimum atomic E-state index is -0.189. The number of hydrogen-bond acceptors (Lipinski definition) is 3. The van der Waals surface area contributed by atoms with Crippen molar-refractivity contribution in [3.05, 3.63) is 60.3 Å². The van der Waals surface area contributed by atoms with Crippen LogP contribution in [0.2, 0.25) is 0 Å². The van der Waals surface area contributed by atoms with Crippen LogP contribution in [-0.2, 0) is 0 Å². The molecular weight excluding hydrogens is 202 g/mol. The molecule has 1 aromatic heterocycles. The van der Waals surface area contributed by atoms with Gasteiger partial charge in [-0.15, -0.1) is 0 Å². The second-order valence-corrected chi connectivity index (χ2v) is 3.16. The van der Waals surface area contributed by atoms with Gasteiger partial charge in [-0.25, -0.2) is 4.98 Å². The molecule has 2 aromatic rings. The van der Waals surface area contributed by atoms with Crippen LogP contribution >= 0.6 is 0 Å². The fourth-order valence-corrected chi connectivity index (χ4v) is 1.22. The van der Waals surface area contributed by atoms with Crippen LogP contribution in [0, 0.1) is 0 Å². The smallest absolute Gasteiger partial charge is 0.269 e. The average Bonchev–Trinajstić information content (AvgIpc) is 2.38. The first-order valence-electron chi connectivity index (χ1n) is 4.89. The molecule has 2 N–H and O–H groups in total. The lowest BCUT2D eigenvalue weighted by Gasteiger charge is -2.06. The highest BCUT2D eigenvalue weighted by molar-refractivity contribution is 5.94. The lowest BCUT2D eigenvalue weighted by molar-refractivity contribution is 0.0962. The van der Waals surface area contributed by atoms with Crippen molar-refractivity contribution < 1.29 is 4.79 Å². The number of carbonyl (C=O) groups excluding carboxylic acids is 1. The van der Waals surface area contributed by atoms with E-state index in [1.807, 2.05) is 30.3 Å². The van der Waals surface area contributed by atoms with Crippen LogP contribution in [0.4, 0.5) is 5.82 Å². The summed E-state index contributed by atoms with van der Waals surface area (Å²) >= 11 is 0. The number of anilines is 1. The van der Waals surface area contributed by atoms with E-state index < -0.39 is 0 Å². The Bertz CT molecular complexity index is 456. The van der Waals surface area contributed by atoms with E-state index in [0.717, 1.165) is 0 Å². The van der Waals surface area contributed by atoms with E-state index in [-0.39, 0.29) is 5.91 Å². The Morgan fingerprint density at radius 2 is 1.75 bits per heavy atom. The molecule has 0 saturated heterocycles. The van der Waals surface area contributed by atoms with Gasteiger partial charge in [0.1, 0.15) is 5.82 Å². The standard InChI is InChI=1S/C12H11N3O/c16-12(10-6-2-1-3-7-10)15-14-11-8-4-5-9-13-11/h1-9H,(H,13,14)(H,15,16). The molecule has 0 fully saturated rings. The van der Waals surface area contributed by atoms with Crippen molar-refractivity contribution in [3.63, 3.8) is 0 Å². The third kappa shape index (κ3) is 2.57. The van der Waals surface area contributed by atoms with E-state index in [9.17, 15) is 4.79 Å². The molecule has 0 spiro atoms. The number of nitrogens with zero attached hydrogens (tertiary/aromatic N) is 1. The summed E-state index contributed by atoms with van der Waals surface area (Å²) in [6.07, 6.45) is 1.65. The number of aromatic nitrogens is 1. The molecule has 1 aromatic carbocycles. The molecule has 1 amide bonds. The number of amides is 1. The quantitative estimate of drug-likeness (QED) is 0.765. The number of pyridine rings is 1. The van der Waals surface area contributed by atoms with E-state index in [0.29, 0.717) is 11.4 Å². The third-order valence-electron chi connectivity index (χ3n) is 2.00. The Morgan fingerprint density at radius 1 is 1.00 bits per heavy atom. The van der Waals surface area contributed by atoms with Gasteiger partial charge in [0.25, 0.3) is 5.91 Å². The SMILES string of the molecule is O=C(NNc1ccccn1)c1ccccc1. The molecule has 4 heteroatoms. The normalized spacial score (nSPS) is 9.50. The van der Waals surface area contributed by atoms with Crippen LogP contribution in [0.15, 0.2) is 54.7 Å². The summed E-state index contributed by atoms with van der Waals surface area (Å²) < 4.78 is 0. The Hall–Kier alpha value is -2.36. The summed E-state index contributed by atoms with van der Waals surface area (Å²) in [5, 5.41) is 0. The van der Waals surface area contributed by atoms with Gasteiger partial charge in [-0.3, -0.25) is 15.6 Å². The van der Waals surface area contributed by atoms with Crippen molar-refractivity contribution >= 4 is 11.7 Å². The second kappa shape index (κ2) is 4.93. The Labute approximate surface area is 93.3 Å². The Balaban J connectivity index is 1.95. The Morgan fingerprint density at radius 3 is 2.44 bits per heavy atom. The van der Waals surface area contributed by atoms with E-state index in [1.54, 1.807) is 24.4 Å². The zero-order valence-corrected chi connectivity index (χ0v) is 8.55. The van der Waals surface area contributed by atoms with Crippen molar-refractivity contribution in [2.75, 3.05) is 5.43 Å². The van der Waals surface area contributed by atoms with Crippen molar-refractivity contribution in [3.8, 4) is 0 Å². The predicted octanol–water partition coefficient (Wildman–Crippen LogP) is 1.84. The van der Waals surface area contributed by atoms with E-state index in [4.69, 9.17) is 0 Å². The zero-order chi connectivity index (χ0) is 11.2. The minimum Gasteiger partial charge on any atom is -0.282 e. The topological polar surface area (TPSA) is 54.0 Å². The predicted molar refractivity (Wildman–Crippen MR) is 61.8 cm³/mol. The molecule has 2 rings (SSSR count). The summed E-state index contributed by atoms with van der Waals surface area (Å²) in [6.45, 7) is 0. The number of rotatable bonds is 3. The molecule has 0 radical (unpaired) electrons. The highest BCUT2D eigenvalue weighted by atomic mass is 16.2. The number of nitrogens with one attached hydrogen (secondary N) is 2. The third-order valence-corrected chi connectivity index (χ3v) is 2.00. The molecule has 0 saturated carbocycles. The molecular formula is C12H11N3O. The summed E-state index contributed by atoms with van der Waals surface area (Å²) in [7, 11) is 0. The van der Waals surface area contributed by atoms with Gasteiger partial charge in [0.15, 0.2) is 0 Å². The van der Waals surface area contributed by atoms with Gasteiger partial charge in [-0.1, -0.05) is 24.3 Å². The monoisotopic (exact) mass is 213 g/mol. The van der Waals surface area contributed by atoms with Crippen LogP contribution < -0.4 is 10.9 Å². The van der Waals surface area contributed by atoms with Gasteiger partial charge < -0.3 is 0 Å². The maximum Gasteiger partial charge on any atom is 0.269 e. The molecule has 1 heterocycles. The molecule has 0 aliphatic carbocycles. The van der Waals surface area contributed by atoms with Gasteiger partial charge in [-0.05, 0) is 24.3 Å². The summed E-state index contributed by atoms with van der Waals surface area (Å²) in [4.78, 5) is 15.6. The molecule has 0 atom stereocenters. The lowest BCUT2D eigenvalue weighted by Crippen LogP contribution is -2.29.